The highest BCUT2D eigenvalue weighted by Gasteiger charge is 2.09. The largest absolute Gasteiger partial charge is 0.488 e. The van der Waals surface area contributed by atoms with Crippen LogP contribution >= 0.6 is 11.6 Å². The van der Waals surface area contributed by atoms with Crippen LogP contribution in [0.25, 0.3) is 0 Å². The number of aryl methyl sites for hydroxylation is 1. The van der Waals surface area contributed by atoms with Gasteiger partial charge in [-0.15, -0.1) is 11.6 Å². The van der Waals surface area contributed by atoms with Crippen molar-refractivity contribution in [3.8, 4) is 5.75 Å². The first-order chi connectivity index (χ1) is 9.61. The van der Waals surface area contributed by atoms with Gasteiger partial charge in [0.1, 0.15) is 12.4 Å². The van der Waals surface area contributed by atoms with Crippen LogP contribution in [-0.4, -0.2) is 4.92 Å². The molecule has 0 aromatic heterocycles. The molecule has 5 heteroatoms. The number of hydrogen-bond acceptors (Lipinski definition) is 3. The first-order valence-corrected chi connectivity index (χ1v) is 6.66. The van der Waals surface area contributed by atoms with Crippen molar-refractivity contribution in [3.63, 3.8) is 0 Å². The Kier molecular flexibility index (Phi) is 4.58. The molecule has 2 aromatic carbocycles. The smallest absolute Gasteiger partial charge is 0.269 e. The third-order valence-electron chi connectivity index (χ3n) is 2.94. The molecule has 0 fully saturated rings. The molecular formula is C15H14ClNO3. The van der Waals surface area contributed by atoms with Crippen LogP contribution in [0, 0.1) is 17.0 Å². The van der Waals surface area contributed by atoms with Crippen molar-refractivity contribution in [1.82, 2.24) is 0 Å². The van der Waals surface area contributed by atoms with E-state index in [2.05, 4.69) is 0 Å². The first-order valence-electron chi connectivity index (χ1n) is 6.12. The Bertz CT molecular complexity index is 628. The molecule has 0 bridgehead atoms. The third kappa shape index (κ3) is 3.27. The number of rotatable bonds is 5. The summed E-state index contributed by atoms with van der Waals surface area (Å²) in [6.07, 6.45) is 0. The number of ether oxygens (including phenoxy) is 1. The van der Waals surface area contributed by atoms with Gasteiger partial charge in [-0.2, -0.15) is 0 Å². The van der Waals surface area contributed by atoms with E-state index in [9.17, 15) is 10.1 Å². The summed E-state index contributed by atoms with van der Waals surface area (Å²) in [5, 5.41) is 10.7. The SMILES string of the molecule is Cc1cccc(CCl)c1OCc1cccc([N+](=O)[O-])c1. The van der Waals surface area contributed by atoms with Crippen molar-refractivity contribution in [1.29, 1.82) is 0 Å². The van der Waals surface area contributed by atoms with Gasteiger partial charge in [0, 0.05) is 17.7 Å². The minimum atomic E-state index is -0.415. The van der Waals surface area contributed by atoms with Crippen molar-refractivity contribution in [2.75, 3.05) is 0 Å². The lowest BCUT2D eigenvalue weighted by atomic mass is 10.1. The minimum absolute atomic E-state index is 0.0634. The van der Waals surface area contributed by atoms with Crippen LogP contribution < -0.4 is 4.74 Å². The van der Waals surface area contributed by atoms with Gasteiger partial charge in [-0.1, -0.05) is 30.3 Å². The van der Waals surface area contributed by atoms with E-state index in [0.717, 1.165) is 22.4 Å². The van der Waals surface area contributed by atoms with Crippen LogP contribution in [0.5, 0.6) is 5.75 Å². The summed E-state index contributed by atoms with van der Waals surface area (Å²) in [5.41, 5.74) is 2.72. The monoisotopic (exact) mass is 291 g/mol. The fourth-order valence-electron chi connectivity index (χ4n) is 1.94. The predicted octanol–water partition coefficient (Wildman–Crippen LogP) is 4.22. The van der Waals surface area contributed by atoms with Gasteiger partial charge in [0.05, 0.1) is 10.8 Å². The van der Waals surface area contributed by atoms with Gasteiger partial charge < -0.3 is 4.74 Å². The van der Waals surface area contributed by atoms with Crippen LogP contribution in [0.1, 0.15) is 16.7 Å². The Morgan fingerprint density at radius 2 is 2.00 bits per heavy atom. The van der Waals surface area contributed by atoms with Gasteiger partial charge in [-0.3, -0.25) is 10.1 Å². The lowest BCUT2D eigenvalue weighted by molar-refractivity contribution is -0.384. The second-order valence-electron chi connectivity index (χ2n) is 4.41. The van der Waals surface area contributed by atoms with Crippen molar-refractivity contribution in [3.05, 3.63) is 69.3 Å². The molecule has 2 rings (SSSR count). The summed E-state index contributed by atoms with van der Waals surface area (Å²) in [4.78, 5) is 10.3. The molecule has 0 N–H and O–H groups in total. The molecule has 104 valence electrons. The number of hydrogen-bond donors (Lipinski definition) is 0. The number of benzene rings is 2. The first kappa shape index (κ1) is 14.3. The van der Waals surface area contributed by atoms with Crippen molar-refractivity contribution in [2.45, 2.75) is 19.4 Å². The Hall–Kier alpha value is -2.07. The van der Waals surface area contributed by atoms with E-state index < -0.39 is 4.92 Å². The number of non-ortho nitro benzene ring substituents is 1. The average Bonchev–Trinajstić information content (AvgIpc) is 2.46. The number of halogens is 1. The van der Waals surface area contributed by atoms with Gasteiger partial charge in [0.25, 0.3) is 5.69 Å². The summed E-state index contributed by atoms with van der Waals surface area (Å²) >= 11 is 5.88. The number of nitro benzene ring substituents is 1. The number of para-hydroxylation sites is 1. The Morgan fingerprint density at radius 1 is 1.25 bits per heavy atom. The van der Waals surface area contributed by atoms with Crippen LogP contribution in [0.15, 0.2) is 42.5 Å². The molecule has 0 radical (unpaired) electrons. The van der Waals surface area contributed by atoms with Gasteiger partial charge >= 0.3 is 0 Å². The maximum absolute atomic E-state index is 10.7. The summed E-state index contributed by atoms with van der Waals surface area (Å²) < 4.78 is 5.77. The molecule has 0 aliphatic carbocycles. The Labute approximate surface area is 122 Å². The zero-order chi connectivity index (χ0) is 14.5. The molecule has 0 heterocycles. The number of alkyl halides is 1. The van der Waals surface area contributed by atoms with Crippen molar-refractivity contribution < 1.29 is 9.66 Å². The van der Waals surface area contributed by atoms with Gasteiger partial charge in [-0.25, -0.2) is 0 Å². The Morgan fingerprint density at radius 3 is 2.70 bits per heavy atom. The summed E-state index contributed by atoms with van der Waals surface area (Å²) in [7, 11) is 0. The lowest BCUT2D eigenvalue weighted by Crippen LogP contribution is -2.00. The van der Waals surface area contributed by atoms with Crippen molar-refractivity contribution in [2.24, 2.45) is 0 Å². The minimum Gasteiger partial charge on any atom is -0.488 e. The van der Waals surface area contributed by atoms with E-state index in [4.69, 9.17) is 16.3 Å². The fourth-order valence-corrected chi connectivity index (χ4v) is 2.15. The van der Waals surface area contributed by atoms with E-state index in [1.807, 2.05) is 25.1 Å². The zero-order valence-corrected chi connectivity index (χ0v) is 11.8. The van der Waals surface area contributed by atoms with Crippen LogP contribution in [0.3, 0.4) is 0 Å². The summed E-state index contributed by atoms with van der Waals surface area (Å²) in [6, 6.07) is 12.2. The predicted molar refractivity (Wildman–Crippen MR) is 78.2 cm³/mol. The van der Waals surface area contributed by atoms with Crippen LogP contribution in [0.4, 0.5) is 5.69 Å². The zero-order valence-electron chi connectivity index (χ0n) is 11.0. The third-order valence-corrected chi connectivity index (χ3v) is 3.23. The van der Waals surface area contributed by atoms with Crippen LogP contribution in [-0.2, 0) is 12.5 Å². The van der Waals surface area contributed by atoms with Gasteiger partial charge in [0.15, 0.2) is 0 Å². The molecule has 2 aromatic rings. The van der Waals surface area contributed by atoms with E-state index in [1.165, 1.54) is 12.1 Å². The summed E-state index contributed by atoms with van der Waals surface area (Å²) in [6.45, 7) is 2.22. The standard InChI is InChI=1S/C15H14ClNO3/c1-11-4-2-6-13(9-16)15(11)20-10-12-5-3-7-14(8-12)17(18)19/h2-8H,9-10H2,1H3. The maximum Gasteiger partial charge on any atom is 0.269 e. The number of nitrogens with zero attached hydrogens (tertiary/aromatic N) is 1. The number of nitro groups is 1. The molecule has 0 spiro atoms. The van der Waals surface area contributed by atoms with E-state index in [-0.39, 0.29) is 12.3 Å². The average molecular weight is 292 g/mol. The van der Waals surface area contributed by atoms with E-state index in [1.54, 1.807) is 12.1 Å². The fraction of sp³-hybridized carbons (Fsp3) is 0.200. The van der Waals surface area contributed by atoms with Gasteiger partial charge in [-0.05, 0) is 18.1 Å². The van der Waals surface area contributed by atoms with Gasteiger partial charge in [0.2, 0.25) is 0 Å². The molecule has 0 aliphatic rings. The van der Waals surface area contributed by atoms with E-state index in [0.29, 0.717) is 5.88 Å². The maximum atomic E-state index is 10.7. The molecular weight excluding hydrogens is 278 g/mol. The summed E-state index contributed by atoms with van der Waals surface area (Å²) in [5.74, 6) is 1.11. The topological polar surface area (TPSA) is 52.4 Å². The molecule has 0 unspecified atom stereocenters. The quantitative estimate of drug-likeness (QED) is 0.471. The highest BCUT2D eigenvalue weighted by atomic mass is 35.5. The molecule has 0 saturated carbocycles. The molecule has 20 heavy (non-hydrogen) atoms. The van der Waals surface area contributed by atoms with Crippen molar-refractivity contribution >= 4 is 17.3 Å². The molecule has 4 nitrogen and oxygen atoms in total. The molecule has 0 atom stereocenters. The molecule has 0 saturated heterocycles. The van der Waals surface area contributed by atoms with Crippen LogP contribution in [0.2, 0.25) is 0 Å². The highest BCUT2D eigenvalue weighted by Crippen LogP contribution is 2.26. The highest BCUT2D eigenvalue weighted by molar-refractivity contribution is 6.17. The van der Waals surface area contributed by atoms with E-state index >= 15 is 0 Å². The molecule has 0 amide bonds. The molecule has 0 aliphatic heterocycles. The Balaban J connectivity index is 2.17. The normalized spacial score (nSPS) is 10.3. The second kappa shape index (κ2) is 6.39. The lowest BCUT2D eigenvalue weighted by Gasteiger charge is -2.12. The second-order valence-corrected chi connectivity index (χ2v) is 4.68.